The molecule has 0 spiro atoms. The van der Waals surface area contributed by atoms with Crippen LogP contribution in [0.1, 0.15) is 5.56 Å². The van der Waals surface area contributed by atoms with Gasteiger partial charge in [0.1, 0.15) is 6.79 Å². The molecule has 0 N–H and O–H groups in total. The molecule has 2 unspecified atom stereocenters. The fraction of sp³-hybridized carbons (Fsp3) is 0.312. The largest absolute Gasteiger partial charge is 0.417 e. The molecule has 0 radical (unpaired) electrons. The molecule has 2 bridgehead atoms. The van der Waals surface area contributed by atoms with Crippen LogP contribution in [-0.4, -0.2) is 29.1 Å². The predicted octanol–water partition coefficient (Wildman–Crippen LogP) is 3.44. The van der Waals surface area contributed by atoms with Crippen molar-refractivity contribution in [3.8, 4) is 0 Å². The van der Waals surface area contributed by atoms with E-state index in [1.54, 1.807) is 11.8 Å². The lowest BCUT2D eigenvalue weighted by Crippen LogP contribution is -2.33. The number of nitrogens with zero attached hydrogens (tertiary/aromatic N) is 1. The summed E-state index contributed by atoms with van der Waals surface area (Å²) < 4.78 is 39.0. The first-order chi connectivity index (χ1) is 11.8. The lowest BCUT2D eigenvalue weighted by atomic mass is 9.85. The zero-order chi connectivity index (χ0) is 18.5. The Kier molecular flexibility index (Phi) is 4.57. The number of carbonyl (C=O) groups excluding carboxylic acids is 3. The van der Waals surface area contributed by atoms with Crippen molar-refractivity contribution in [2.45, 2.75) is 16.7 Å². The molecule has 9 heteroatoms. The SMILES string of the molecule is C=O.O=C1[C@@H]2C3C=CC(S3)[C@@H]2C(=O)N1c1ccc(Br)c(C(F)(F)F)c1. The number of halogens is 4. The molecule has 0 saturated carbocycles. The van der Waals surface area contributed by atoms with E-state index in [0.717, 1.165) is 11.0 Å². The summed E-state index contributed by atoms with van der Waals surface area (Å²) in [6.07, 6.45) is -0.741. The van der Waals surface area contributed by atoms with Crippen molar-refractivity contribution in [2.24, 2.45) is 11.8 Å². The van der Waals surface area contributed by atoms with E-state index in [-0.39, 0.29) is 20.7 Å². The number of amides is 2. The van der Waals surface area contributed by atoms with Gasteiger partial charge < -0.3 is 4.79 Å². The van der Waals surface area contributed by atoms with Gasteiger partial charge in [0.05, 0.1) is 23.1 Å². The molecule has 3 aliphatic heterocycles. The van der Waals surface area contributed by atoms with Crippen molar-refractivity contribution in [1.82, 2.24) is 0 Å². The minimum atomic E-state index is -4.56. The molecule has 2 amide bonds. The van der Waals surface area contributed by atoms with Crippen LogP contribution < -0.4 is 4.90 Å². The predicted molar refractivity (Wildman–Crippen MR) is 90.0 cm³/mol. The van der Waals surface area contributed by atoms with Crippen molar-refractivity contribution >= 4 is 52.0 Å². The molecular formula is C16H11BrF3NO3S. The third-order valence-corrected chi connectivity index (χ3v) is 6.64. The van der Waals surface area contributed by atoms with E-state index in [1.807, 2.05) is 18.9 Å². The summed E-state index contributed by atoms with van der Waals surface area (Å²) in [6, 6.07) is 3.43. The summed E-state index contributed by atoms with van der Waals surface area (Å²) in [5.74, 6) is -1.72. The van der Waals surface area contributed by atoms with E-state index in [1.165, 1.54) is 12.1 Å². The molecule has 4 rings (SSSR count). The van der Waals surface area contributed by atoms with Gasteiger partial charge >= 0.3 is 6.18 Å². The average Bonchev–Trinajstić information content (AvgIpc) is 3.23. The Balaban J connectivity index is 0.000000880. The number of hydrogen-bond donors (Lipinski definition) is 0. The van der Waals surface area contributed by atoms with E-state index in [0.29, 0.717) is 0 Å². The lowest BCUT2D eigenvalue weighted by Gasteiger charge is -2.19. The molecule has 4 nitrogen and oxygen atoms in total. The normalized spacial score (nSPS) is 29.7. The van der Waals surface area contributed by atoms with Crippen molar-refractivity contribution in [3.05, 3.63) is 40.4 Å². The molecule has 0 aliphatic carbocycles. The van der Waals surface area contributed by atoms with Crippen molar-refractivity contribution in [2.75, 3.05) is 4.90 Å². The van der Waals surface area contributed by atoms with Crippen LogP contribution in [0.5, 0.6) is 0 Å². The Morgan fingerprint density at radius 2 is 1.56 bits per heavy atom. The Bertz CT molecular complexity index is 752. The quantitative estimate of drug-likeness (QED) is 0.502. The molecule has 4 atom stereocenters. The number of anilines is 1. The number of alkyl halides is 3. The van der Waals surface area contributed by atoms with Gasteiger partial charge in [0.2, 0.25) is 11.8 Å². The van der Waals surface area contributed by atoms with E-state index < -0.39 is 35.4 Å². The van der Waals surface area contributed by atoms with Crippen LogP contribution in [0, 0.1) is 11.8 Å². The molecule has 2 saturated heterocycles. The number of imide groups is 1. The first-order valence-electron chi connectivity index (χ1n) is 7.16. The van der Waals surface area contributed by atoms with E-state index in [9.17, 15) is 22.8 Å². The first kappa shape index (κ1) is 18.2. The molecule has 0 aromatic heterocycles. The Morgan fingerprint density at radius 3 is 2.04 bits per heavy atom. The lowest BCUT2D eigenvalue weighted by molar-refractivity contribution is -0.138. The average molecular weight is 434 g/mol. The standard InChI is InChI=1S/C15H9BrF3NO2S.CH2O/c16-8-2-1-6(5-7(8)15(17,18)19)20-13(21)11-9-3-4-10(23-9)12(11)14(20)22;1-2/h1-5,9-12H;1H2/t9?,10?,11-,12+;. The second-order valence-corrected chi connectivity index (χ2v) is 7.89. The van der Waals surface area contributed by atoms with Crippen LogP contribution >= 0.6 is 27.7 Å². The number of carbonyl (C=O) groups is 3. The maximum absolute atomic E-state index is 13.0. The van der Waals surface area contributed by atoms with Crippen LogP contribution in [0.3, 0.4) is 0 Å². The van der Waals surface area contributed by atoms with Crippen molar-refractivity contribution < 1.29 is 27.6 Å². The highest BCUT2D eigenvalue weighted by molar-refractivity contribution is 9.10. The number of hydrogen-bond acceptors (Lipinski definition) is 4. The summed E-state index contributed by atoms with van der Waals surface area (Å²) in [5.41, 5.74) is -0.919. The highest BCUT2D eigenvalue weighted by atomic mass is 79.9. The van der Waals surface area contributed by atoms with Gasteiger partial charge in [-0.05, 0) is 18.2 Å². The summed E-state index contributed by atoms with van der Waals surface area (Å²) in [4.78, 5) is 34.1. The summed E-state index contributed by atoms with van der Waals surface area (Å²) in [7, 11) is 0. The van der Waals surface area contributed by atoms with Crippen molar-refractivity contribution in [1.29, 1.82) is 0 Å². The van der Waals surface area contributed by atoms with Gasteiger partial charge in [-0.3, -0.25) is 9.59 Å². The van der Waals surface area contributed by atoms with Crippen molar-refractivity contribution in [3.63, 3.8) is 0 Å². The van der Waals surface area contributed by atoms with E-state index in [2.05, 4.69) is 15.9 Å². The fourth-order valence-corrected chi connectivity index (χ4v) is 5.53. The van der Waals surface area contributed by atoms with Gasteiger partial charge in [-0.15, -0.1) is 11.8 Å². The third kappa shape index (κ3) is 2.73. The van der Waals surface area contributed by atoms with Crippen LogP contribution in [0.25, 0.3) is 0 Å². The van der Waals surface area contributed by atoms with Gasteiger partial charge in [0, 0.05) is 15.0 Å². The molecule has 1 aromatic carbocycles. The molecule has 3 aliphatic rings. The van der Waals surface area contributed by atoms with Crippen LogP contribution in [0.2, 0.25) is 0 Å². The molecule has 2 fully saturated rings. The zero-order valence-electron chi connectivity index (χ0n) is 12.5. The Hall–Kier alpha value is -1.61. The Labute approximate surface area is 153 Å². The molecule has 132 valence electrons. The number of thioether (sulfide) groups is 1. The number of benzene rings is 1. The third-order valence-electron chi connectivity index (χ3n) is 4.42. The van der Waals surface area contributed by atoms with Gasteiger partial charge in [-0.25, -0.2) is 4.90 Å². The van der Waals surface area contributed by atoms with Crippen LogP contribution in [0.4, 0.5) is 18.9 Å². The highest BCUT2D eigenvalue weighted by Gasteiger charge is 2.60. The van der Waals surface area contributed by atoms with Crippen LogP contribution in [-0.2, 0) is 20.6 Å². The molecule has 1 aromatic rings. The maximum atomic E-state index is 13.0. The monoisotopic (exact) mass is 433 g/mol. The van der Waals surface area contributed by atoms with E-state index in [4.69, 9.17) is 4.79 Å². The Morgan fingerprint density at radius 1 is 1.04 bits per heavy atom. The molecular weight excluding hydrogens is 423 g/mol. The highest BCUT2D eigenvalue weighted by Crippen LogP contribution is 2.54. The minimum Gasteiger partial charge on any atom is -0.307 e. The van der Waals surface area contributed by atoms with Crippen LogP contribution in [0.15, 0.2) is 34.8 Å². The second kappa shape index (κ2) is 6.28. The summed E-state index contributed by atoms with van der Waals surface area (Å²) in [5, 5.41) is -0.104. The second-order valence-electron chi connectivity index (χ2n) is 5.68. The first-order valence-corrected chi connectivity index (χ1v) is 8.90. The smallest absolute Gasteiger partial charge is 0.307 e. The summed E-state index contributed by atoms with van der Waals surface area (Å²) >= 11 is 4.43. The number of fused-ring (bicyclic) bond motifs is 5. The maximum Gasteiger partial charge on any atom is 0.417 e. The van der Waals surface area contributed by atoms with E-state index >= 15 is 0 Å². The molecule has 25 heavy (non-hydrogen) atoms. The zero-order valence-corrected chi connectivity index (χ0v) is 14.9. The van der Waals surface area contributed by atoms with Gasteiger partial charge in [0.25, 0.3) is 0 Å². The minimum absolute atomic E-state index is 0.0191. The summed E-state index contributed by atoms with van der Waals surface area (Å²) in [6.45, 7) is 2.00. The molecule has 3 heterocycles. The van der Waals surface area contributed by atoms with Gasteiger partial charge in [-0.2, -0.15) is 13.2 Å². The fourth-order valence-electron chi connectivity index (χ4n) is 3.43. The van der Waals surface area contributed by atoms with Gasteiger partial charge in [0.15, 0.2) is 0 Å². The number of rotatable bonds is 1. The van der Waals surface area contributed by atoms with Gasteiger partial charge in [-0.1, -0.05) is 28.1 Å². The topological polar surface area (TPSA) is 54.5 Å².